The van der Waals surface area contributed by atoms with Gasteiger partial charge in [0.15, 0.2) is 0 Å². The summed E-state index contributed by atoms with van der Waals surface area (Å²) in [5.74, 6) is 0.265. The predicted octanol–water partition coefficient (Wildman–Crippen LogP) is 4.21. The van der Waals surface area contributed by atoms with Crippen molar-refractivity contribution in [2.24, 2.45) is 0 Å². The number of pyridine rings is 1. The number of fused-ring (bicyclic) bond motifs is 3. The zero-order chi connectivity index (χ0) is 20.8. The monoisotopic (exact) mass is 419 g/mol. The molecule has 2 aromatic heterocycles. The quantitative estimate of drug-likeness (QED) is 0.367. The standard InChI is InChI=1S/C23H18ClN3O3/c1-13-4-5-14-10-16(21(24)26-18(14)9-13)12-30-23(29)15-6-7-17-19(11-15)25-20-3-2-8-27(20)22(17)28/h4-7,9-11H,2-3,8,12H2,1H3. The van der Waals surface area contributed by atoms with Gasteiger partial charge in [0.2, 0.25) is 0 Å². The van der Waals surface area contributed by atoms with Crippen molar-refractivity contribution in [2.75, 3.05) is 0 Å². The number of halogens is 1. The predicted molar refractivity (Wildman–Crippen MR) is 115 cm³/mol. The van der Waals surface area contributed by atoms with Gasteiger partial charge in [-0.05, 0) is 49.2 Å². The topological polar surface area (TPSA) is 74.1 Å². The minimum absolute atomic E-state index is 0.00674. The van der Waals surface area contributed by atoms with Crippen LogP contribution in [0.15, 0.2) is 47.3 Å². The van der Waals surface area contributed by atoms with Crippen LogP contribution in [-0.4, -0.2) is 20.5 Å². The van der Waals surface area contributed by atoms with E-state index in [1.807, 2.05) is 31.2 Å². The zero-order valence-electron chi connectivity index (χ0n) is 16.3. The number of hydrogen-bond acceptors (Lipinski definition) is 5. The van der Waals surface area contributed by atoms with Crippen molar-refractivity contribution in [1.82, 2.24) is 14.5 Å². The number of esters is 1. The van der Waals surface area contributed by atoms with Crippen molar-refractivity contribution >= 4 is 39.4 Å². The van der Waals surface area contributed by atoms with Gasteiger partial charge in [0.1, 0.15) is 17.6 Å². The van der Waals surface area contributed by atoms with Crippen molar-refractivity contribution in [3.05, 3.63) is 80.5 Å². The zero-order valence-corrected chi connectivity index (χ0v) is 17.1. The van der Waals surface area contributed by atoms with E-state index >= 15 is 0 Å². The van der Waals surface area contributed by atoms with E-state index in [1.54, 1.807) is 22.8 Å². The summed E-state index contributed by atoms with van der Waals surface area (Å²) in [7, 11) is 0. The number of rotatable bonds is 3. The smallest absolute Gasteiger partial charge is 0.338 e. The van der Waals surface area contributed by atoms with Gasteiger partial charge >= 0.3 is 5.97 Å². The van der Waals surface area contributed by atoms with E-state index in [-0.39, 0.29) is 12.2 Å². The van der Waals surface area contributed by atoms with E-state index in [4.69, 9.17) is 16.3 Å². The first kappa shape index (κ1) is 18.8. The Morgan fingerprint density at radius 1 is 1.13 bits per heavy atom. The molecule has 1 aliphatic heterocycles. The number of aromatic nitrogens is 3. The van der Waals surface area contributed by atoms with Crippen molar-refractivity contribution in [3.8, 4) is 0 Å². The van der Waals surface area contributed by atoms with Crippen LogP contribution in [0, 0.1) is 6.92 Å². The molecule has 3 heterocycles. The summed E-state index contributed by atoms with van der Waals surface area (Å²) in [6, 6.07) is 12.6. The second-order valence-electron chi connectivity index (χ2n) is 7.53. The molecule has 4 aromatic rings. The Kier molecular flexibility index (Phi) is 4.51. The fourth-order valence-electron chi connectivity index (χ4n) is 3.84. The minimum Gasteiger partial charge on any atom is -0.457 e. The number of carbonyl (C=O) groups excluding carboxylic acids is 1. The lowest BCUT2D eigenvalue weighted by atomic mass is 10.1. The Hall–Kier alpha value is -3.25. The highest BCUT2D eigenvalue weighted by Gasteiger charge is 2.18. The molecule has 0 atom stereocenters. The van der Waals surface area contributed by atoms with Gasteiger partial charge in [-0.15, -0.1) is 0 Å². The summed E-state index contributed by atoms with van der Waals surface area (Å²) < 4.78 is 7.17. The molecule has 1 aliphatic rings. The maximum atomic E-state index is 12.6. The first-order chi connectivity index (χ1) is 14.5. The summed E-state index contributed by atoms with van der Waals surface area (Å²) in [5, 5.41) is 1.75. The molecule has 2 aromatic carbocycles. The highest BCUT2D eigenvalue weighted by molar-refractivity contribution is 6.30. The molecule has 30 heavy (non-hydrogen) atoms. The summed E-state index contributed by atoms with van der Waals surface area (Å²) in [5.41, 5.74) is 3.34. The first-order valence-electron chi connectivity index (χ1n) is 9.76. The number of benzene rings is 2. The number of aryl methyl sites for hydroxylation is 2. The Morgan fingerprint density at radius 3 is 2.87 bits per heavy atom. The van der Waals surface area contributed by atoms with Gasteiger partial charge in [0.05, 0.1) is 22.0 Å². The maximum absolute atomic E-state index is 12.6. The molecule has 0 aliphatic carbocycles. The highest BCUT2D eigenvalue weighted by Crippen LogP contribution is 2.23. The molecular formula is C23H18ClN3O3. The van der Waals surface area contributed by atoms with Crippen LogP contribution < -0.4 is 5.56 Å². The van der Waals surface area contributed by atoms with E-state index in [9.17, 15) is 9.59 Å². The molecule has 150 valence electrons. The van der Waals surface area contributed by atoms with E-state index < -0.39 is 5.97 Å². The van der Waals surface area contributed by atoms with Crippen molar-refractivity contribution in [1.29, 1.82) is 0 Å². The molecular weight excluding hydrogens is 402 g/mol. The average Bonchev–Trinajstić information content (AvgIpc) is 3.20. The van der Waals surface area contributed by atoms with Gasteiger partial charge < -0.3 is 4.74 Å². The third kappa shape index (κ3) is 3.23. The summed E-state index contributed by atoms with van der Waals surface area (Å²) >= 11 is 6.29. The number of carbonyl (C=O) groups is 1. The Balaban J connectivity index is 1.40. The van der Waals surface area contributed by atoms with Crippen LogP contribution >= 0.6 is 11.6 Å². The van der Waals surface area contributed by atoms with Crippen LogP contribution in [0.5, 0.6) is 0 Å². The van der Waals surface area contributed by atoms with Crippen LogP contribution in [-0.2, 0) is 24.3 Å². The molecule has 0 amide bonds. The van der Waals surface area contributed by atoms with Gasteiger partial charge in [-0.25, -0.2) is 14.8 Å². The average molecular weight is 420 g/mol. The first-order valence-corrected chi connectivity index (χ1v) is 10.1. The van der Waals surface area contributed by atoms with Gasteiger partial charge in [-0.2, -0.15) is 0 Å². The fourth-order valence-corrected chi connectivity index (χ4v) is 4.04. The normalized spacial score (nSPS) is 13.0. The lowest BCUT2D eigenvalue weighted by Gasteiger charge is -2.09. The highest BCUT2D eigenvalue weighted by atomic mass is 35.5. The van der Waals surface area contributed by atoms with Crippen molar-refractivity contribution in [2.45, 2.75) is 32.9 Å². The molecule has 7 heteroatoms. The molecule has 0 bridgehead atoms. The molecule has 0 radical (unpaired) electrons. The van der Waals surface area contributed by atoms with Crippen LogP contribution in [0.1, 0.15) is 33.7 Å². The summed E-state index contributed by atoms with van der Waals surface area (Å²) in [6.07, 6.45) is 1.68. The van der Waals surface area contributed by atoms with Crippen LogP contribution in [0.2, 0.25) is 5.15 Å². The molecule has 0 saturated heterocycles. The van der Waals surface area contributed by atoms with Gasteiger partial charge in [-0.3, -0.25) is 9.36 Å². The van der Waals surface area contributed by atoms with Gasteiger partial charge in [0, 0.05) is 23.9 Å². The second-order valence-corrected chi connectivity index (χ2v) is 7.89. The number of ether oxygens (including phenoxy) is 1. The summed E-state index contributed by atoms with van der Waals surface area (Å²) in [6.45, 7) is 2.69. The van der Waals surface area contributed by atoms with E-state index in [1.165, 1.54) is 0 Å². The molecule has 0 fully saturated rings. The van der Waals surface area contributed by atoms with E-state index in [0.29, 0.717) is 33.7 Å². The van der Waals surface area contributed by atoms with Gasteiger partial charge in [0.25, 0.3) is 5.56 Å². The van der Waals surface area contributed by atoms with Crippen molar-refractivity contribution < 1.29 is 9.53 Å². The Labute approximate surface area is 177 Å². The Bertz CT molecular complexity index is 1390. The van der Waals surface area contributed by atoms with E-state index in [2.05, 4.69) is 9.97 Å². The second kappa shape index (κ2) is 7.22. The van der Waals surface area contributed by atoms with Crippen LogP contribution in [0.4, 0.5) is 0 Å². The van der Waals surface area contributed by atoms with Gasteiger partial charge in [-0.1, -0.05) is 23.7 Å². The van der Waals surface area contributed by atoms with Crippen LogP contribution in [0.3, 0.4) is 0 Å². The molecule has 0 saturated carbocycles. The third-order valence-electron chi connectivity index (χ3n) is 5.41. The van der Waals surface area contributed by atoms with E-state index in [0.717, 1.165) is 35.1 Å². The summed E-state index contributed by atoms with van der Waals surface area (Å²) in [4.78, 5) is 34.1. The molecule has 6 nitrogen and oxygen atoms in total. The lowest BCUT2D eigenvalue weighted by Crippen LogP contribution is -2.21. The molecule has 0 N–H and O–H groups in total. The van der Waals surface area contributed by atoms with Crippen LogP contribution in [0.25, 0.3) is 21.8 Å². The Morgan fingerprint density at radius 2 is 2.00 bits per heavy atom. The van der Waals surface area contributed by atoms with Crippen molar-refractivity contribution in [3.63, 3.8) is 0 Å². The lowest BCUT2D eigenvalue weighted by molar-refractivity contribution is 0.0473. The maximum Gasteiger partial charge on any atom is 0.338 e. The number of hydrogen-bond donors (Lipinski definition) is 0. The minimum atomic E-state index is -0.501. The fraction of sp³-hybridized carbons (Fsp3) is 0.217. The molecule has 0 spiro atoms. The SMILES string of the molecule is Cc1ccc2cc(COC(=O)c3ccc4c(=O)n5c(nc4c3)CCC5)c(Cl)nc2c1. The molecule has 0 unspecified atom stereocenters. The number of nitrogens with zero attached hydrogens (tertiary/aromatic N) is 3. The largest absolute Gasteiger partial charge is 0.457 e. The molecule has 5 rings (SSSR count). The third-order valence-corrected chi connectivity index (χ3v) is 5.74.